The number of carbonyl (C=O) groups is 1. The minimum absolute atomic E-state index is 0.167. The van der Waals surface area contributed by atoms with Gasteiger partial charge in [-0.2, -0.15) is 0 Å². The maximum Gasteiger partial charge on any atom is 0.339 e. The van der Waals surface area contributed by atoms with Gasteiger partial charge in [0.1, 0.15) is 11.9 Å². The van der Waals surface area contributed by atoms with Gasteiger partial charge >= 0.3 is 5.97 Å². The number of aromatic nitrogens is 2. The van der Waals surface area contributed by atoms with Crippen molar-refractivity contribution in [3.8, 4) is 0 Å². The average Bonchev–Trinajstić information content (AvgIpc) is 2.33. The van der Waals surface area contributed by atoms with Crippen LogP contribution in [0, 0.1) is 17.8 Å². The van der Waals surface area contributed by atoms with Gasteiger partial charge in [0.25, 0.3) is 0 Å². The standard InChI is InChI=1S/C14H23N3O2/c1-9(2)11(10(3)4)5-15-7-13-12(14(18)19)6-16-8-17-13/h6,8-11,15H,5,7H2,1-4H3,(H,18,19). The first-order chi connectivity index (χ1) is 8.93. The lowest BCUT2D eigenvalue weighted by Gasteiger charge is -2.25. The molecule has 0 aromatic carbocycles. The number of carboxylic acid groups (broad SMARTS) is 1. The summed E-state index contributed by atoms with van der Waals surface area (Å²) in [7, 11) is 0. The maximum atomic E-state index is 11.0. The van der Waals surface area contributed by atoms with E-state index in [-0.39, 0.29) is 5.56 Å². The van der Waals surface area contributed by atoms with Gasteiger partial charge in [0, 0.05) is 12.7 Å². The SMILES string of the molecule is CC(C)C(CNCc1ncncc1C(=O)O)C(C)C. The minimum atomic E-state index is -0.985. The van der Waals surface area contributed by atoms with Crippen LogP contribution in [-0.2, 0) is 6.54 Å². The quantitative estimate of drug-likeness (QED) is 0.790. The lowest BCUT2D eigenvalue weighted by atomic mass is 9.85. The van der Waals surface area contributed by atoms with Gasteiger partial charge in [-0.3, -0.25) is 0 Å². The van der Waals surface area contributed by atoms with E-state index in [1.54, 1.807) is 0 Å². The summed E-state index contributed by atoms with van der Waals surface area (Å²) in [5.41, 5.74) is 0.703. The van der Waals surface area contributed by atoms with E-state index in [1.807, 2.05) is 0 Å². The van der Waals surface area contributed by atoms with Crippen molar-refractivity contribution in [1.82, 2.24) is 15.3 Å². The molecule has 106 valence electrons. The lowest BCUT2D eigenvalue weighted by molar-refractivity contribution is 0.0694. The summed E-state index contributed by atoms with van der Waals surface area (Å²) in [6.07, 6.45) is 2.72. The Hall–Kier alpha value is -1.49. The van der Waals surface area contributed by atoms with Crippen molar-refractivity contribution in [2.75, 3.05) is 6.54 Å². The van der Waals surface area contributed by atoms with Crippen molar-refractivity contribution in [2.45, 2.75) is 34.2 Å². The number of carboxylic acids is 1. The molecule has 1 heterocycles. The third-order valence-corrected chi connectivity index (χ3v) is 3.41. The van der Waals surface area contributed by atoms with Gasteiger partial charge in [-0.05, 0) is 24.3 Å². The summed E-state index contributed by atoms with van der Waals surface area (Å²) < 4.78 is 0. The molecule has 0 saturated carbocycles. The van der Waals surface area contributed by atoms with Crippen molar-refractivity contribution < 1.29 is 9.90 Å². The van der Waals surface area contributed by atoms with E-state index >= 15 is 0 Å². The molecule has 2 N–H and O–H groups in total. The zero-order valence-electron chi connectivity index (χ0n) is 12.1. The van der Waals surface area contributed by atoms with E-state index in [9.17, 15) is 4.79 Å². The summed E-state index contributed by atoms with van der Waals surface area (Å²) in [5, 5.41) is 12.3. The Balaban J connectivity index is 2.60. The molecule has 1 aromatic heterocycles. The highest BCUT2D eigenvalue weighted by atomic mass is 16.4. The number of nitrogens with one attached hydrogen (secondary N) is 1. The molecule has 0 bridgehead atoms. The van der Waals surface area contributed by atoms with Gasteiger partial charge < -0.3 is 10.4 Å². The second-order valence-electron chi connectivity index (χ2n) is 5.47. The van der Waals surface area contributed by atoms with Gasteiger partial charge in [0.15, 0.2) is 0 Å². The van der Waals surface area contributed by atoms with Gasteiger partial charge in [0.2, 0.25) is 0 Å². The number of hydrogen-bond donors (Lipinski definition) is 2. The van der Waals surface area contributed by atoms with Crippen LogP contribution in [0.4, 0.5) is 0 Å². The Bertz CT molecular complexity index is 411. The van der Waals surface area contributed by atoms with Gasteiger partial charge in [-0.25, -0.2) is 14.8 Å². The summed E-state index contributed by atoms with van der Waals surface area (Å²) >= 11 is 0. The van der Waals surface area contributed by atoms with Crippen LogP contribution in [0.2, 0.25) is 0 Å². The molecular weight excluding hydrogens is 242 g/mol. The van der Waals surface area contributed by atoms with Crippen LogP contribution in [-0.4, -0.2) is 27.6 Å². The molecule has 5 nitrogen and oxygen atoms in total. The van der Waals surface area contributed by atoms with Gasteiger partial charge in [-0.15, -0.1) is 0 Å². The molecule has 1 aromatic rings. The normalized spacial score (nSPS) is 11.5. The second-order valence-corrected chi connectivity index (χ2v) is 5.47. The number of nitrogens with zero attached hydrogens (tertiary/aromatic N) is 2. The summed E-state index contributed by atoms with van der Waals surface area (Å²) in [6, 6.07) is 0. The zero-order chi connectivity index (χ0) is 14.4. The van der Waals surface area contributed by atoms with Crippen LogP contribution >= 0.6 is 0 Å². The van der Waals surface area contributed by atoms with Crippen LogP contribution in [0.15, 0.2) is 12.5 Å². The third kappa shape index (κ3) is 4.59. The predicted molar refractivity (Wildman–Crippen MR) is 73.9 cm³/mol. The Labute approximate surface area is 114 Å². The first-order valence-corrected chi connectivity index (χ1v) is 6.66. The Morgan fingerprint density at radius 3 is 2.47 bits per heavy atom. The second kappa shape index (κ2) is 7.19. The predicted octanol–water partition coefficient (Wildman–Crippen LogP) is 2.19. The van der Waals surface area contributed by atoms with Crippen LogP contribution in [0.5, 0.6) is 0 Å². The molecule has 0 atom stereocenters. The lowest BCUT2D eigenvalue weighted by Crippen LogP contribution is -2.30. The molecule has 0 unspecified atom stereocenters. The molecule has 0 radical (unpaired) electrons. The molecule has 0 aliphatic heterocycles. The topological polar surface area (TPSA) is 75.1 Å². The minimum Gasteiger partial charge on any atom is -0.478 e. The first-order valence-electron chi connectivity index (χ1n) is 6.66. The fourth-order valence-corrected chi connectivity index (χ4v) is 2.27. The van der Waals surface area contributed by atoms with E-state index in [1.165, 1.54) is 12.5 Å². The molecular formula is C14H23N3O2. The molecule has 0 amide bonds. The molecule has 0 aliphatic rings. The van der Waals surface area contributed by atoms with Crippen molar-refractivity contribution in [3.63, 3.8) is 0 Å². The number of hydrogen-bond acceptors (Lipinski definition) is 4. The molecule has 0 spiro atoms. The Kier molecular flexibility index (Phi) is 5.89. The van der Waals surface area contributed by atoms with Crippen LogP contribution < -0.4 is 5.32 Å². The van der Waals surface area contributed by atoms with Crippen LogP contribution in [0.1, 0.15) is 43.7 Å². The van der Waals surface area contributed by atoms with E-state index < -0.39 is 5.97 Å². The van der Waals surface area contributed by atoms with Gasteiger partial charge in [0.05, 0.1) is 5.69 Å². The highest BCUT2D eigenvalue weighted by Crippen LogP contribution is 2.19. The van der Waals surface area contributed by atoms with Gasteiger partial charge in [-0.1, -0.05) is 27.7 Å². The highest BCUT2D eigenvalue weighted by Gasteiger charge is 2.17. The fourth-order valence-electron chi connectivity index (χ4n) is 2.27. The fraction of sp³-hybridized carbons (Fsp3) is 0.643. The van der Waals surface area contributed by atoms with Crippen molar-refractivity contribution >= 4 is 5.97 Å². The molecule has 5 heteroatoms. The largest absolute Gasteiger partial charge is 0.478 e. The van der Waals surface area contributed by atoms with Crippen molar-refractivity contribution in [1.29, 1.82) is 0 Å². The summed E-state index contributed by atoms with van der Waals surface area (Å²) in [5.74, 6) is 0.769. The van der Waals surface area contributed by atoms with E-state index in [0.717, 1.165) is 6.54 Å². The van der Waals surface area contributed by atoms with Crippen molar-refractivity contribution in [2.24, 2.45) is 17.8 Å². The van der Waals surface area contributed by atoms with E-state index in [2.05, 4.69) is 43.0 Å². The number of aromatic carboxylic acids is 1. The Morgan fingerprint density at radius 2 is 1.95 bits per heavy atom. The van der Waals surface area contributed by atoms with E-state index in [4.69, 9.17) is 5.11 Å². The first kappa shape index (κ1) is 15.6. The third-order valence-electron chi connectivity index (χ3n) is 3.41. The number of rotatable bonds is 7. The molecule has 0 fully saturated rings. The zero-order valence-corrected chi connectivity index (χ0v) is 12.1. The molecule has 1 rings (SSSR count). The highest BCUT2D eigenvalue weighted by molar-refractivity contribution is 5.88. The van der Waals surface area contributed by atoms with Crippen LogP contribution in [0.3, 0.4) is 0 Å². The smallest absolute Gasteiger partial charge is 0.339 e. The monoisotopic (exact) mass is 265 g/mol. The molecule has 0 saturated heterocycles. The Morgan fingerprint density at radius 1 is 1.32 bits per heavy atom. The average molecular weight is 265 g/mol. The van der Waals surface area contributed by atoms with E-state index in [0.29, 0.717) is 30.0 Å². The van der Waals surface area contributed by atoms with Crippen LogP contribution in [0.25, 0.3) is 0 Å². The maximum absolute atomic E-state index is 11.0. The summed E-state index contributed by atoms with van der Waals surface area (Å²) in [4.78, 5) is 18.8. The summed E-state index contributed by atoms with van der Waals surface area (Å²) in [6.45, 7) is 10.2. The molecule has 19 heavy (non-hydrogen) atoms. The molecule has 0 aliphatic carbocycles. The van der Waals surface area contributed by atoms with Crippen molar-refractivity contribution in [3.05, 3.63) is 23.8 Å².